The van der Waals surface area contributed by atoms with Gasteiger partial charge in [0.05, 0.1) is 26.5 Å². The summed E-state index contributed by atoms with van der Waals surface area (Å²) in [7, 11) is 1.50. The van der Waals surface area contributed by atoms with E-state index in [4.69, 9.17) is 9.47 Å². The largest absolute Gasteiger partial charge is 0.494 e. The Balaban J connectivity index is 1.96. The number of alkyl halides is 2. The molecule has 0 N–H and O–H groups in total. The summed E-state index contributed by atoms with van der Waals surface area (Å²) in [5.74, 6) is 0.855. The van der Waals surface area contributed by atoms with Crippen molar-refractivity contribution in [1.29, 1.82) is 0 Å². The molecule has 0 bridgehead atoms. The predicted octanol–water partition coefficient (Wildman–Crippen LogP) is 3.40. The number of benzene rings is 1. The lowest BCUT2D eigenvalue weighted by molar-refractivity contribution is -0.0524. The maximum absolute atomic E-state index is 12.8. The van der Waals surface area contributed by atoms with Crippen LogP contribution < -0.4 is 14.2 Å². The van der Waals surface area contributed by atoms with Gasteiger partial charge in [-0.05, 0) is 36.2 Å². The zero-order valence-electron chi connectivity index (χ0n) is 14.8. The molecule has 0 unspecified atom stereocenters. The fraction of sp³-hybridized carbons (Fsp3) is 0.278. The number of rotatable bonds is 8. The molecule has 0 saturated carbocycles. The zero-order valence-corrected chi connectivity index (χ0v) is 14.8. The Morgan fingerprint density at radius 2 is 2.07 bits per heavy atom. The van der Waals surface area contributed by atoms with Crippen LogP contribution in [0.2, 0.25) is 0 Å². The molecule has 0 atom stereocenters. The lowest BCUT2D eigenvalue weighted by Gasteiger charge is -2.13. The van der Waals surface area contributed by atoms with Crippen molar-refractivity contribution in [3.8, 4) is 28.6 Å². The van der Waals surface area contributed by atoms with Crippen LogP contribution in [0.15, 0.2) is 42.7 Å². The van der Waals surface area contributed by atoms with Crippen molar-refractivity contribution in [1.82, 2.24) is 20.0 Å². The van der Waals surface area contributed by atoms with Crippen molar-refractivity contribution in [2.24, 2.45) is 0 Å². The number of hydrogen-bond donors (Lipinski definition) is 0. The van der Waals surface area contributed by atoms with Gasteiger partial charge >= 0.3 is 6.61 Å². The minimum absolute atomic E-state index is 0.154. The molecule has 142 valence electrons. The number of ether oxygens (including phenoxy) is 3. The SMILES string of the molecule is CCOc1cccc(-c2cc(Cn3cc(OC)nn3)cnc2OC(F)F)c1. The Labute approximate surface area is 154 Å². The minimum Gasteiger partial charge on any atom is -0.494 e. The van der Waals surface area contributed by atoms with E-state index in [-0.39, 0.29) is 5.88 Å². The molecule has 0 aliphatic heterocycles. The molecule has 0 aliphatic carbocycles. The van der Waals surface area contributed by atoms with Crippen LogP contribution in [0.4, 0.5) is 8.78 Å². The molecule has 0 spiro atoms. The second-order valence-corrected chi connectivity index (χ2v) is 5.49. The van der Waals surface area contributed by atoms with E-state index in [1.807, 2.05) is 6.92 Å². The molecule has 1 aromatic carbocycles. The van der Waals surface area contributed by atoms with E-state index in [9.17, 15) is 8.78 Å². The Kier molecular flexibility index (Phi) is 5.80. The predicted molar refractivity (Wildman–Crippen MR) is 93.2 cm³/mol. The molecule has 0 aliphatic rings. The molecule has 27 heavy (non-hydrogen) atoms. The van der Waals surface area contributed by atoms with Gasteiger partial charge in [0.15, 0.2) is 0 Å². The highest BCUT2D eigenvalue weighted by atomic mass is 19.3. The van der Waals surface area contributed by atoms with Gasteiger partial charge in [0.2, 0.25) is 5.88 Å². The van der Waals surface area contributed by atoms with Crippen LogP contribution in [0.3, 0.4) is 0 Å². The molecule has 2 aromatic heterocycles. The molecule has 0 saturated heterocycles. The Morgan fingerprint density at radius 1 is 1.22 bits per heavy atom. The fourth-order valence-electron chi connectivity index (χ4n) is 2.53. The summed E-state index contributed by atoms with van der Waals surface area (Å²) in [4.78, 5) is 4.06. The maximum atomic E-state index is 12.8. The van der Waals surface area contributed by atoms with Gasteiger partial charge in [0.1, 0.15) is 5.75 Å². The summed E-state index contributed by atoms with van der Waals surface area (Å²) < 4.78 is 42.2. The van der Waals surface area contributed by atoms with E-state index in [1.165, 1.54) is 13.3 Å². The third kappa shape index (κ3) is 4.69. The van der Waals surface area contributed by atoms with Crippen LogP contribution >= 0.6 is 0 Å². The number of pyridine rings is 1. The molecule has 0 radical (unpaired) electrons. The Bertz CT molecular complexity index is 902. The number of halogens is 2. The first-order chi connectivity index (χ1) is 13.1. The van der Waals surface area contributed by atoms with Gasteiger partial charge in [-0.15, -0.1) is 0 Å². The van der Waals surface area contributed by atoms with Gasteiger partial charge in [-0.1, -0.05) is 22.4 Å². The molecule has 0 fully saturated rings. The van der Waals surface area contributed by atoms with Gasteiger partial charge in [-0.3, -0.25) is 0 Å². The standard InChI is InChI=1S/C18H18F2N4O3/c1-3-26-14-6-4-5-13(8-14)15-7-12(9-21-17(15)27-18(19)20)10-24-11-16(25-2)22-23-24/h4-9,11,18H,3,10H2,1-2H3. The molecule has 3 aromatic rings. The summed E-state index contributed by atoms with van der Waals surface area (Å²) in [5, 5.41) is 7.77. The summed E-state index contributed by atoms with van der Waals surface area (Å²) in [6.45, 7) is -0.268. The average Bonchev–Trinajstić information content (AvgIpc) is 3.11. The third-order valence-corrected chi connectivity index (χ3v) is 3.64. The summed E-state index contributed by atoms with van der Waals surface area (Å²) in [6.07, 6.45) is 3.08. The molecular formula is C18H18F2N4O3. The second-order valence-electron chi connectivity index (χ2n) is 5.49. The zero-order chi connectivity index (χ0) is 19.2. The highest BCUT2D eigenvalue weighted by Crippen LogP contribution is 2.32. The molecule has 0 amide bonds. The van der Waals surface area contributed by atoms with Crippen molar-refractivity contribution in [2.45, 2.75) is 20.1 Å². The van der Waals surface area contributed by atoms with Crippen LogP contribution in [0.1, 0.15) is 12.5 Å². The first-order valence-electron chi connectivity index (χ1n) is 8.20. The van der Waals surface area contributed by atoms with Crippen LogP contribution in [0.5, 0.6) is 17.5 Å². The van der Waals surface area contributed by atoms with Crippen molar-refractivity contribution in [3.05, 3.63) is 48.3 Å². The summed E-state index contributed by atoms with van der Waals surface area (Å²) in [5.41, 5.74) is 1.82. The molecule has 9 heteroatoms. The maximum Gasteiger partial charge on any atom is 0.388 e. The monoisotopic (exact) mass is 376 g/mol. The Morgan fingerprint density at radius 3 is 2.78 bits per heavy atom. The van der Waals surface area contributed by atoms with E-state index in [0.717, 1.165) is 5.56 Å². The smallest absolute Gasteiger partial charge is 0.388 e. The van der Waals surface area contributed by atoms with Gasteiger partial charge in [-0.2, -0.15) is 8.78 Å². The normalized spacial score (nSPS) is 10.9. The molecule has 7 nitrogen and oxygen atoms in total. The lowest BCUT2D eigenvalue weighted by atomic mass is 10.0. The number of nitrogens with zero attached hydrogens (tertiary/aromatic N) is 4. The van der Waals surface area contributed by atoms with Gasteiger partial charge in [0.25, 0.3) is 5.88 Å². The fourth-order valence-corrected chi connectivity index (χ4v) is 2.53. The van der Waals surface area contributed by atoms with Gasteiger partial charge in [-0.25, -0.2) is 9.67 Å². The van der Waals surface area contributed by atoms with Crippen LogP contribution in [-0.2, 0) is 6.54 Å². The van der Waals surface area contributed by atoms with Crippen molar-refractivity contribution in [2.75, 3.05) is 13.7 Å². The highest BCUT2D eigenvalue weighted by Gasteiger charge is 2.15. The molecular weight excluding hydrogens is 358 g/mol. The van der Waals surface area contributed by atoms with Crippen LogP contribution in [-0.4, -0.2) is 40.3 Å². The van der Waals surface area contributed by atoms with Crippen LogP contribution in [0, 0.1) is 0 Å². The topological polar surface area (TPSA) is 71.3 Å². The average molecular weight is 376 g/mol. The second kappa shape index (κ2) is 8.43. The van der Waals surface area contributed by atoms with Crippen molar-refractivity contribution < 1.29 is 23.0 Å². The molecule has 3 rings (SSSR count). The first-order valence-corrected chi connectivity index (χ1v) is 8.20. The lowest BCUT2D eigenvalue weighted by Crippen LogP contribution is -2.07. The third-order valence-electron chi connectivity index (χ3n) is 3.64. The van der Waals surface area contributed by atoms with E-state index in [2.05, 4.69) is 20.0 Å². The van der Waals surface area contributed by atoms with E-state index >= 15 is 0 Å². The van der Waals surface area contributed by atoms with Crippen molar-refractivity contribution in [3.63, 3.8) is 0 Å². The molecule has 2 heterocycles. The van der Waals surface area contributed by atoms with Gasteiger partial charge < -0.3 is 14.2 Å². The van der Waals surface area contributed by atoms with E-state index in [0.29, 0.717) is 35.9 Å². The summed E-state index contributed by atoms with van der Waals surface area (Å²) >= 11 is 0. The number of methoxy groups -OCH3 is 1. The quantitative estimate of drug-likeness (QED) is 0.600. The number of hydrogen-bond acceptors (Lipinski definition) is 6. The summed E-state index contributed by atoms with van der Waals surface area (Å²) in [6, 6.07) is 8.83. The van der Waals surface area contributed by atoms with Crippen LogP contribution in [0.25, 0.3) is 11.1 Å². The van der Waals surface area contributed by atoms with E-state index < -0.39 is 6.61 Å². The number of aromatic nitrogens is 4. The minimum atomic E-state index is -2.98. The van der Waals surface area contributed by atoms with E-state index in [1.54, 1.807) is 41.2 Å². The van der Waals surface area contributed by atoms with Gasteiger partial charge in [0, 0.05) is 11.8 Å². The van der Waals surface area contributed by atoms with Crippen molar-refractivity contribution >= 4 is 0 Å². The first kappa shape index (κ1) is 18.6. The Hall–Kier alpha value is -3.23. The highest BCUT2D eigenvalue weighted by molar-refractivity contribution is 5.70.